The predicted octanol–water partition coefficient (Wildman–Crippen LogP) is 4.81. The van der Waals surface area contributed by atoms with Gasteiger partial charge in [0, 0.05) is 36.1 Å². The molecule has 1 heterocycles. The molecular weight excluding hydrogens is 457 g/mol. The fourth-order valence-corrected chi connectivity index (χ4v) is 5.61. The summed E-state index contributed by atoms with van der Waals surface area (Å²) in [4.78, 5) is 16.8. The van der Waals surface area contributed by atoms with Crippen LogP contribution in [0.1, 0.15) is 25.3 Å². The molecule has 1 aliphatic heterocycles. The monoisotopic (exact) mass is 477 g/mol. The molecular formula is C25H20FN3O4S. The molecule has 0 amide bonds. The Hall–Kier alpha value is -4.03. The molecule has 0 aromatic heterocycles. The standard InChI is InChI=1S/C25H20FN3O4S/c1-15-20(13-23(30)31)24-22(28-15)11-10-21(26)25(24)34(32,33)19-8-6-17(7-9-19)29(2)18-5-3-4-16(12-18)14-27/h3-10,12H,11,13H2,1-2H3,(H,30,31). The topological polar surface area (TPSA) is 111 Å². The first-order chi connectivity index (χ1) is 16.1. The number of carboxylic acid groups (broad SMARTS) is 1. The predicted molar refractivity (Wildman–Crippen MR) is 126 cm³/mol. The normalized spacial score (nSPS) is 15.5. The van der Waals surface area contributed by atoms with Crippen molar-refractivity contribution in [2.24, 2.45) is 4.99 Å². The van der Waals surface area contributed by atoms with E-state index in [9.17, 15) is 22.7 Å². The minimum atomic E-state index is -4.31. The van der Waals surface area contributed by atoms with Crippen LogP contribution in [-0.4, -0.2) is 32.3 Å². The van der Waals surface area contributed by atoms with E-state index < -0.39 is 33.0 Å². The zero-order valence-corrected chi connectivity index (χ0v) is 19.2. The van der Waals surface area contributed by atoms with E-state index >= 15 is 0 Å². The van der Waals surface area contributed by atoms with Crippen molar-refractivity contribution in [3.05, 3.63) is 87.7 Å². The molecule has 0 spiro atoms. The molecule has 1 N–H and O–H groups in total. The minimum Gasteiger partial charge on any atom is -0.481 e. The van der Waals surface area contributed by atoms with Crippen LogP contribution in [0.3, 0.4) is 0 Å². The van der Waals surface area contributed by atoms with E-state index in [-0.39, 0.29) is 22.5 Å². The van der Waals surface area contributed by atoms with Gasteiger partial charge in [-0.25, -0.2) is 12.8 Å². The highest BCUT2D eigenvalue weighted by molar-refractivity contribution is 7.95. The molecule has 0 atom stereocenters. The lowest BCUT2D eigenvalue weighted by molar-refractivity contribution is -0.136. The second-order valence-corrected chi connectivity index (χ2v) is 9.76. The van der Waals surface area contributed by atoms with Gasteiger partial charge in [-0.15, -0.1) is 0 Å². The number of halogens is 1. The van der Waals surface area contributed by atoms with Gasteiger partial charge in [-0.3, -0.25) is 9.79 Å². The maximum absolute atomic E-state index is 15.0. The third-order valence-electron chi connectivity index (χ3n) is 5.74. The van der Waals surface area contributed by atoms with E-state index in [2.05, 4.69) is 11.1 Å². The lowest BCUT2D eigenvalue weighted by Crippen LogP contribution is -2.18. The van der Waals surface area contributed by atoms with Crippen molar-refractivity contribution in [3.63, 3.8) is 0 Å². The van der Waals surface area contributed by atoms with Crippen molar-refractivity contribution in [3.8, 4) is 6.07 Å². The molecule has 1 aliphatic carbocycles. The first-order valence-corrected chi connectivity index (χ1v) is 11.8. The Balaban J connectivity index is 1.75. The van der Waals surface area contributed by atoms with Gasteiger partial charge in [0.25, 0.3) is 0 Å². The van der Waals surface area contributed by atoms with E-state index in [1.54, 1.807) is 49.2 Å². The number of nitriles is 1. The summed E-state index contributed by atoms with van der Waals surface area (Å²) in [7, 11) is -2.53. The van der Waals surface area contributed by atoms with Crippen LogP contribution in [0.5, 0.6) is 0 Å². The molecule has 0 unspecified atom stereocenters. The van der Waals surface area contributed by atoms with Gasteiger partial charge < -0.3 is 10.0 Å². The van der Waals surface area contributed by atoms with Gasteiger partial charge in [-0.2, -0.15) is 5.26 Å². The number of allylic oxidation sites excluding steroid dienone is 4. The summed E-state index contributed by atoms with van der Waals surface area (Å²) in [6.07, 6.45) is 0.786. The number of aliphatic imine (C=N–C) groups is 1. The number of rotatable bonds is 6. The van der Waals surface area contributed by atoms with Crippen molar-refractivity contribution in [1.82, 2.24) is 0 Å². The van der Waals surface area contributed by atoms with E-state index in [0.717, 1.165) is 11.8 Å². The first-order valence-electron chi connectivity index (χ1n) is 10.3. The zero-order chi connectivity index (χ0) is 24.6. The Kier molecular flexibility index (Phi) is 5.94. The zero-order valence-electron chi connectivity index (χ0n) is 18.4. The SMILES string of the molecule is CC1=C(CC(=O)O)C2=C(S(=O)(=O)c3ccc(N(C)c4cccc(C#N)c4)cc3)C(F)=CCC2=N1. The molecule has 7 nitrogen and oxygen atoms in total. The van der Waals surface area contributed by atoms with Crippen LogP contribution in [0.25, 0.3) is 0 Å². The number of hydrogen-bond donors (Lipinski definition) is 1. The van der Waals surface area contributed by atoms with Gasteiger partial charge in [0.05, 0.1) is 28.7 Å². The second kappa shape index (κ2) is 8.72. The van der Waals surface area contributed by atoms with Gasteiger partial charge in [-0.05, 0) is 61.0 Å². The van der Waals surface area contributed by atoms with E-state index in [1.165, 1.54) is 12.1 Å². The largest absolute Gasteiger partial charge is 0.481 e. The third-order valence-corrected chi connectivity index (χ3v) is 7.57. The van der Waals surface area contributed by atoms with Crippen LogP contribution in [-0.2, 0) is 14.6 Å². The number of aliphatic carboxylic acids is 1. The van der Waals surface area contributed by atoms with E-state index in [1.807, 2.05) is 6.07 Å². The third kappa shape index (κ3) is 4.04. The lowest BCUT2D eigenvalue weighted by Gasteiger charge is -2.21. The van der Waals surface area contributed by atoms with E-state index in [0.29, 0.717) is 22.7 Å². The number of anilines is 2. The highest BCUT2D eigenvalue weighted by Crippen LogP contribution is 2.41. The molecule has 0 saturated heterocycles. The summed E-state index contributed by atoms with van der Waals surface area (Å²) in [6.45, 7) is 1.59. The summed E-state index contributed by atoms with van der Waals surface area (Å²) in [5, 5.41) is 18.4. The first kappa shape index (κ1) is 23.1. The minimum absolute atomic E-state index is 0.0504. The van der Waals surface area contributed by atoms with E-state index in [4.69, 9.17) is 5.26 Å². The molecule has 2 aromatic rings. The second-order valence-electron chi connectivity index (χ2n) is 7.87. The molecule has 0 bridgehead atoms. The Morgan fingerprint density at radius 2 is 1.91 bits per heavy atom. The summed E-state index contributed by atoms with van der Waals surface area (Å²) >= 11 is 0. The molecule has 2 aliphatic rings. The number of sulfone groups is 1. The smallest absolute Gasteiger partial charge is 0.307 e. The molecule has 2 aromatic carbocycles. The molecule has 4 rings (SSSR count). The van der Waals surface area contributed by atoms with Crippen molar-refractivity contribution >= 4 is 32.9 Å². The number of fused-ring (bicyclic) bond motifs is 1. The van der Waals surface area contributed by atoms with Gasteiger partial charge in [0.2, 0.25) is 9.84 Å². The average molecular weight is 478 g/mol. The fourth-order valence-electron chi connectivity index (χ4n) is 4.03. The Labute approximate surface area is 196 Å². The lowest BCUT2D eigenvalue weighted by atomic mass is 9.94. The van der Waals surface area contributed by atoms with Crippen molar-refractivity contribution in [1.29, 1.82) is 5.26 Å². The molecule has 9 heteroatoms. The molecule has 0 saturated carbocycles. The number of carbonyl (C=O) groups is 1. The summed E-state index contributed by atoms with van der Waals surface area (Å²) in [5.74, 6) is -2.07. The molecule has 0 radical (unpaired) electrons. The van der Waals surface area contributed by atoms with Gasteiger partial charge in [0.15, 0.2) is 0 Å². The Morgan fingerprint density at radius 3 is 2.56 bits per heavy atom. The molecule has 0 fully saturated rings. The van der Waals surface area contributed by atoms with Crippen LogP contribution in [0, 0.1) is 11.3 Å². The average Bonchev–Trinajstić information content (AvgIpc) is 3.12. The van der Waals surface area contributed by atoms with Crippen LogP contribution in [0.2, 0.25) is 0 Å². The van der Waals surface area contributed by atoms with Crippen LogP contribution >= 0.6 is 0 Å². The number of hydrogen-bond acceptors (Lipinski definition) is 6. The van der Waals surface area contributed by atoms with Gasteiger partial charge in [0.1, 0.15) is 10.7 Å². The molecule has 172 valence electrons. The van der Waals surface area contributed by atoms with Crippen molar-refractivity contribution in [2.45, 2.75) is 24.7 Å². The summed E-state index contributed by atoms with van der Waals surface area (Å²) < 4.78 is 42.0. The highest BCUT2D eigenvalue weighted by atomic mass is 32.2. The molecule has 34 heavy (non-hydrogen) atoms. The maximum Gasteiger partial charge on any atom is 0.307 e. The number of benzene rings is 2. The van der Waals surface area contributed by atoms with Crippen LogP contribution in [0.4, 0.5) is 15.8 Å². The highest BCUT2D eigenvalue weighted by Gasteiger charge is 2.37. The van der Waals surface area contributed by atoms with Gasteiger partial charge >= 0.3 is 5.97 Å². The summed E-state index contributed by atoms with van der Waals surface area (Å²) in [5.41, 5.74) is 2.88. The number of carboxylic acids is 1. The Bertz CT molecular complexity index is 1480. The van der Waals surface area contributed by atoms with Crippen molar-refractivity contribution in [2.75, 3.05) is 11.9 Å². The fraction of sp³-hybridized carbons (Fsp3) is 0.160. The van der Waals surface area contributed by atoms with Crippen LogP contribution in [0.15, 0.2) is 92.1 Å². The maximum atomic E-state index is 15.0. The van der Waals surface area contributed by atoms with Crippen LogP contribution < -0.4 is 4.90 Å². The summed E-state index contributed by atoms with van der Waals surface area (Å²) in [6, 6.07) is 15.0. The quantitative estimate of drug-likeness (QED) is 0.639. The number of nitrogens with zero attached hydrogens (tertiary/aromatic N) is 3. The Morgan fingerprint density at radius 1 is 1.21 bits per heavy atom. The van der Waals surface area contributed by atoms with Gasteiger partial charge in [-0.1, -0.05) is 6.07 Å². The van der Waals surface area contributed by atoms with Crippen molar-refractivity contribution < 1.29 is 22.7 Å².